The monoisotopic (exact) mass is 380 g/mol. The summed E-state index contributed by atoms with van der Waals surface area (Å²) >= 11 is 5.49. The number of rotatable bonds is 7. The molecule has 7 heteroatoms. The van der Waals surface area contributed by atoms with Crippen LogP contribution in [-0.2, 0) is 16.0 Å². The van der Waals surface area contributed by atoms with Gasteiger partial charge in [-0.25, -0.2) is 0 Å². The van der Waals surface area contributed by atoms with Gasteiger partial charge in [-0.3, -0.25) is 4.79 Å². The minimum atomic E-state index is -0.0838. The van der Waals surface area contributed by atoms with Gasteiger partial charge in [-0.05, 0) is 56.1 Å². The maximum Gasteiger partial charge on any atom is 0.309 e. The second-order valence-electron chi connectivity index (χ2n) is 6.18. The average molecular weight is 381 g/mol. The quantitative estimate of drug-likeness (QED) is 0.576. The Hall–Kier alpha value is -2.02. The molecular formula is C19H28N2O4S. The molecular weight excluding hydrogens is 352 g/mol. The first-order valence-electron chi connectivity index (χ1n) is 8.99. The van der Waals surface area contributed by atoms with Crippen molar-refractivity contribution in [2.24, 2.45) is 5.92 Å². The first kappa shape index (κ1) is 20.3. The smallest absolute Gasteiger partial charge is 0.309 e. The van der Waals surface area contributed by atoms with E-state index in [1.165, 1.54) is 0 Å². The van der Waals surface area contributed by atoms with Crippen molar-refractivity contribution in [3.63, 3.8) is 0 Å². The first-order chi connectivity index (χ1) is 12.6. The molecule has 2 rings (SSSR count). The van der Waals surface area contributed by atoms with Crippen molar-refractivity contribution in [3.05, 3.63) is 23.8 Å². The number of benzene rings is 1. The predicted molar refractivity (Wildman–Crippen MR) is 105 cm³/mol. The number of nitrogens with zero attached hydrogens (tertiary/aromatic N) is 1. The zero-order valence-corrected chi connectivity index (χ0v) is 16.6. The predicted octanol–water partition coefficient (Wildman–Crippen LogP) is 2.40. The zero-order valence-electron chi connectivity index (χ0n) is 15.7. The number of carbonyl (C=O) groups is 1. The highest BCUT2D eigenvalue weighted by Gasteiger charge is 2.26. The SMILES string of the molecule is CCOC(=O)C1CCN(C(=S)NCCc2ccc(OC)c(OC)c2)CC1. The summed E-state index contributed by atoms with van der Waals surface area (Å²) in [6, 6.07) is 5.91. The Labute approximate surface area is 160 Å². The molecule has 0 atom stereocenters. The molecule has 0 saturated carbocycles. The minimum absolute atomic E-state index is 0.000707. The van der Waals surface area contributed by atoms with Crippen LogP contribution in [0.4, 0.5) is 0 Å². The van der Waals surface area contributed by atoms with Gasteiger partial charge in [-0.1, -0.05) is 6.07 Å². The van der Waals surface area contributed by atoms with Gasteiger partial charge in [0.15, 0.2) is 16.6 Å². The molecule has 0 unspecified atom stereocenters. The van der Waals surface area contributed by atoms with E-state index in [9.17, 15) is 4.79 Å². The highest BCUT2D eigenvalue weighted by molar-refractivity contribution is 7.80. The van der Waals surface area contributed by atoms with Crippen LogP contribution in [0.3, 0.4) is 0 Å². The standard InChI is InChI=1S/C19H28N2O4S/c1-4-25-18(22)15-8-11-21(12-9-15)19(26)20-10-7-14-5-6-16(23-2)17(13-14)24-3/h5-6,13,15H,4,7-12H2,1-3H3,(H,20,26). The van der Waals surface area contributed by atoms with Crippen molar-refractivity contribution in [1.82, 2.24) is 10.2 Å². The van der Waals surface area contributed by atoms with Gasteiger partial charge < -0.3 is 24.4 Å². The molecule has 1 aliphatic rings. The summed E-state index contributed by atoms with van der Waals surface area (Å²) in [5, 5.41) is 4.05. The third-order valence-corrected chi connectivity index (χ3v) is 4.94. The Morgan fingerprint density at radius 1 is 1.23 bits per heavy atom. The zero-order chi connectivity index (χ0) is 18.9. The molecule has 6 nitrogen and oxygen atoms in total. The fourth-order valence-electron chi connectivity index (χ4n) is 3.04. The largest absolute Gasteiger partial charge is 0.493 e. The highest BCUT2D eigenvalue weighted by Crippen LogP contribution is 2.27. The van der Waals surface area contributed by atoms with Gasteiger partial charge in [0.25, 0.3) is 0 Å². The molecule has 1 N–H and O–H groups in total. The van der Waals surface area contributed by atoms with E-state index in [0.717, 1.165) is 61.1 Å². The molecule has 1 fully saturated rings. The molecule has 1 saturated heterocycles. The van der Waals surface area contributed by atoms with Crippen molar-refractivity contribution in [3.8, 4) is 11.5 Å². The Balaban J connectivity index is 1.75. The van der Waals surface area contributed by atoms with Gasteiger partial charge >= 0.3 is 5.97 Å². The van der Waals surface area contributed by atoms with E-state index in [4.69, 9.17) is 26.4 Å². The number of carbonyl (C=O) groups excluding carboxylic acids is 1. The average Bonchev–Trinajstić information content (AvgIpc) is 2.68. The van der Waals surface area contributed by atoms with Gasteiger partial charge in [-0.15, -0.1) is 0 Å². The molecule has 26 heavy (non-hydrogen) atoms. The van der Waals surface area contributed by atoms with E-state index in [1.54, 1.807) is 14.2 Å². The Bertz CT molecular complexity index is 616. The van der Waals surface area contributed by atoms with Gasteiger partial charge in [-0.2, -0.15) is 0 Å². The number of ether oxygens (including phenoxy) is 3. The lowest BCUT2D eigenvalue weighted by atomic mass is 9.97. The van der Waals surface area contributed by atoms with Crippen molar-refractivity contribution < 1.29 is 19.0 Å². The number of thiocarbonyl (C=S) groups is 1. The maximum atomic E-state index is 11.8. The normalized spacial score (nSPS) is 14.7. The molecule has 1 aromatic carbocycles. The first-order valence-corrected chi connectivity index (χ1v) is 9.40. The summed E-state index contributed by atoms with van der Waals surface area (Å²) in [6.45, 7) is 4.59. The lowest BCUT2D eigenvalue weighted by Gasteiger charge is -2.32. The Morgan fingerprint density at radius 2 is 1.92 bits per heavy atom. The van der Waals surface area contributed by atoms with Gasteiger partial charge in [0, 0.05) is 19.6 Å². The van der Waals surface area contributed by atoms with Crippen molar-refractivity contribution in [1.29, 1.82) is 0 Å². The van der Waals surface area contributed by atoms with E-state index in [2.05, 4.69) is 10.2 Å². The molecule has 0 spiro atoms. The van der Waals surface area contributed by atoms with Crippen LogP contribution < -0.4 is 14.8 Å². The summed E-state index contributed by atoms with van der Waals surface area (Å²) in [4.78, 5) is 13.9. The number of esters is 1. The van der Waals surface area contributed by atoms with Crippen LogP contribution in [0, 0.1) is 5.92 Å². The second kappa shape index (κ2) is 10.2. The van der Waals surface area contributed by atoms with E-state index in [-0.39, 0.29) is 11.9 Å². The van der Waals surface area contributed by atoms with Gasteiger partial charge in [0.05, 0.1) is 26.7 Å². The topological polar surface area (TPSA) is 60.0 Å². The van der Waals surface area contributed by atoms with Crippen molar-refractivity contribution >= 4 is 23.3 Å². The van der Waals surface area contributed by atoms with Crippen LogP contribution >= 0.6 is 12.2 Å². The van der Waals surface area contributed by atoms with E-state index < -0.39 is 0 Å². The molecule has 0 radical (unpaired) electrons. The fraction of sp³-hybridized carbons (Fsp3) is 0.579. The second-order valence-corrected chi connectivity index (χ2v) is 6.57. The highest BCUT2D eigenvalue weighted by atomic mass is 32.1. The van der Waals surface area contributed by atoms with Gasteiger partial charge in [0.1, 0.15) is 0 Å². The van der Waals surface area contributed by atoms with Crippen LogP contribution in [0.25, 0.3) is 0 Å². The summed E-state index contributed by atoms with van der Waals surface area (Å²) in [7, 11) is 3.26. The molecule has 0 aliphatic carbocycles. The number of hydrogen-bond donors (Lipinski definition) is 1. The minimum Gasteiger partial charge on any atom is -0.493 e. The summed E-state index contributed by atoms with van der Waals surface area (Å²) in [5.41, 5.74) is 1.15. The molecule has 0 amide bonds. The van der Waals surface area contributed by atoms with E-state index >= 15 is 0 Å². The van der Waals surface area contributed by atoms with Crippen LogP contribution in [0.15, 0.2) is 18.2 Å². The fourth-order valence-corrected chi connectivity index (χ4v) is 3.32. The lowest BCUT2D eigenvalue weighted by Crippen LogP contribution is -2.46. The molecule has 0 bridgehead atoms. The number of piperidine rings is 1. The maximum absolute atomic E-state index is 11.8. The molecule has 1 aliphatic heterocycles. The molecule has 1 aromatic rings. The lowest BCUT2D eigenvalue weighted by molar-refractivity contribution is -0.149. The Kier molecular flexibility index (Phi) is 7.97. The van der Waals surface area contributed by atoms with Gasteiger partial charge in [0.2, 0.25) is 0 Å². The van der Waals surface area contributed by atoms with Crippen molar-refractivity contribution in [2.45, 2.75) is 26.2 Å². The molecule has 144 valence electrons. The number of likely N-dealkylation sites (tertiary alicyclic amines) is 1. The summed E-state index contributed by atoms with van der Waals surface area (Å²) in [5.74, 6) is 1.37. The van der Waals surface area contributed by atoms with Crippen LogP contribution in [-0.4, -0.2) is 56.4 Å². The summed E-state index contributed by atoms with van der Waals surface area (Å²) in [6.07, 6.45) is 2.41. The Morgan fingerprint density at radius 3 is 2.54 bits per heavy atom. The van der Waals surface area contributed by atoms with E-state index in [0.29, 0.717) is 6.61 Å². The number of hydrogen-bond acceptors (Lipinski definition) is 5. The van der Waals surface area contributed by atoms with Crippen LogP contribution in [0.2, 0.25) is 0 Å². The summed E-state index contributed by atoms with van der Waals surface area (Å²) < 4.78 is 15.7. The van der Waals surface area contributed by atoms with Crippen LogP contribution in [0.1, 0.15) is 25.3 Å². The number of nitrogens with one attached hydrogen (secondary N) is 1. The third kappa shape index (κ3) is 5.49. The van der Waals surface area contributed by atoms with E-state index in [1.807, 2.05) is 25.1 Å². The third-order valence-electron chi connectivity index (χ3n) is 4.54. The number of methoxy groups -OCH3 is 2. The van der Waals surface area contributed by atoms with Crippen molar-refractivity contribution in [2.75, 3.05) is 40.5 Å². The molecule has 0 aromatic heterocycles. The van der Waals surface area contributed by atoms with Crippen LogP contribution in [0.5, 0.6) is 11.5 Å². The molecule has 1 heterocycles.